The topological polar surface area (TPSA) is 30.2 Å². The highest BCUT2D eigenvalue weighted by Gasteiger charge is 1.85. The summed E-state index contributed by atoms with van der Waals surface area (Å²) in [5.74, 6) is 0. The molecule has 0 N–H and O–H groups in total. The molecule has 0 atom stereocenters. The lowest BCUT2D eigenvalue weighted by Gasteiger charge is -1.82. The fourth-order valence-electron chi connectivity index (χ4n) is 0.432. The molecular formula is C6H6O2. The molecule has 0 unspecified atom stereocenters. The fourth-order valence-corrected chi connectivity index (χ4v) is 0.432. The zero-order chi connectivity index (χ0) is 5.98. The van der Waals surface area contributed by atoms with E-state index in [4.69, 9.17) is 0 Å². The van der Waals surface area contributed by atoms with Gasteiger partial charge in [0.05, 0.1) is 12.5 Å². The molecule has 2 nitrogen and oxygen atoms in total. The van der Waals surface area contributed by atoms with Gasteiger partial charge in [0.15, 0.2) is 5.43 Å². The summed E-state index contributed by atoms with van der Waals surface area (Å²) in [6, 6.07) is 1.40. The quantitative estimate of drug-likeness (QED) is 0.497. The first-order valence-electron chi connectivity index (χ1n) is 2.34. The first-order chi connectivity index (χ1) is 3.80. The molecule has 0 aliphatic carbocycles. The molecule has 0 saturated heterocycles. The molecule has 0 fully saturated rings. The summed E-state index contributed by atoms with van der Waals surface area (Å²) in [6.45, 7) is 1.71. The Bertz CT molecular complexity index is 224. The van der Waals surface area contributed by atoms with Crippen molar-refractivity contribution in [2.45, 2.75) is 6.92 Å². The van der Waals surface area contributed by atoms with Crippen LogP contribution in [0.1, 0.15) is 5.56 Å². The number of rotatable bonds is 0. The van der Waals surface area contributed by atoms with Crippen molar-refractivity contribution in [1.82, 2.24) is 0 Å². The van der Waals surface area contributed by atoms with Crippen LogP contribution in [0.2, 0.25) is 0 Å². The molecule has 0 aliphatic rings. The van der Waals surface area contributed by atoms with Crippen LogP contribution in [0.15, 0.2) is 27.8 Å². The first kappa shape index (κ1) is 5.09. The Morgan fingerprint density at radius 1 is 1.62 bits per heavy atom. The van der Waals surface area contributed by atoms with Crippen molar-refractivity contribution in [1.29, 1.82) is 0 Å². The van der Waals surface area contributed by atoms with Crippen molar-refractivity contribution < 1.29 is 4.42 Å². The van der Waals surface area contributed by atoms with Crippen LogP contribution in [-0.4, -0.2) is 0 Å². The van der Waals surface area contributed by atoms with E-state index in [2.05, 4.69) is 4.42 Å². The third kappa shape index (κ3) is 0.780. The lowest BCUT2D eigenvalue weighted by atomic mass is 10.3. The second-order valence-corrected chi connectivity index (χ2v) is 1.60. The fraction of sp³-hybridized carbons (Fsp3) is 0.167. The van der Waals surface area contributed by atoms with Crippen LogP contribution in [0.5, 0.6) is 0 Å². The van der Waals surface area contributed by atoms with Gasteiger partial charge in [-0.1, -0.05) is 0 Å². The molecule has 1 aromatic rings. The maximum absolute atomic E-state index is 10.6. The molecule has 1 rings (SSSR count). The second kappa shape index (κ2) is 1.82. The van der Waals surface area contributed by atoms with E-state index in [0.29, 0.717) is 5.56 Å². The lowest BCUT2D eigenvalue weighted by molar-refractivity contribution is 0.543. The Kier molecular flexibility index (Phi) is 1.16. The summed E-state index contributed by atoms with van der Waals surface area (Å²) in [4.78, 5) is 10.6. The molecule has 42 valence electrons. The largest absolute Gasteiger partial charge is 0.472 e. The molecule has 0 aromatic carbocycles. The Labute approximate surface area is 46.8 Å². The summed E-state index contributed by atoms with van der Waals surface area (Å²) in [6.07, 6.45) is 2.80. The zero-order valence-electron chi connectivity index (χ0n) is 4.55. The lowest BCUT2D eigenvalue weighted by Crippen LogP contribution is -1.99. The monoisotopic (exact) mass is 110 g/mol. The standard InChI is InChI=1S/C6H6O2/c1-5-4-8-3-2-6(5)7/h2-4H,1H3. The average molecular weight is 110 g/mol. The summed E-state index contributed by atoms with van der Waals surface area (Å²) in [5.41, 5.74) is 0.670. The maximum atomic E-state index is 10.6. The Morgan fingerprint density at radius 2 is 2.38 bits per heavy atom. The zero-order valence-corrected chi connectivity index (χ0v) is 4.55. The van der Waals surface area contributed by atoms with Crippen LogP contribution in [0.4, 0.5) is 0 Å². The summed E-state index contributed by atoms with van der Waals surface area (Å²) in [7, 11) is 0. The predicted molar refractivity (Wildman–Crippen MR) is 29.7 cm³/mol. The minimum absolute atomic E-state index is 0.0243. The van der Waals surface area contributed by atoms with Crippen LogP contribution in [0.3, 0.4) is 0 Å². The molecule has 2 heteroatoms. The highest BCUT2D eigenvalue weighted by Crippen LogP contribution is 1.84. The second-order valence-electron chi connectivity index (χ2n) is 1.60. The van der Waals surface area contributed by atoms with Gasteiger partial charge in [-0.3, -0.25) is 4.79 Å². The van der Waals surface area contributed by atoms with E-state index in [1.54, 1.807) is 6.92 Å². The molecular weight excluding hydrogens is 104 g/mol. The van der Waals surface area contributed by atoms with Gasteiger partial charge in [0.1, 0.15) is 0 Å². The van der Waals surface area contributed by atoms with Crippen molar-refractivity contribution in [3.63, 3.8) is 0 Å². The van der Waals surface area contributed by atoms with Gasteiger partial charge in [-0.05, 0) is 6.92 Å². The van der Waals surface area contributed by atoms with Crippen molar-refractivity contribution in [2.75, 3.05) is 0 Å². The van der Waals surface area contributed by atoms with E-state index in [1.807, 2.05) is 0 Å². The van der Waals surface area contributed by atoms with Gasteiger partial charge in [-0.25, -0.2) is 0 Å². The molecule has 8 heavy (non-hydrogen) atoms. The summed E-state index contributed by atoms with van der Waals surface area (Å²) in [5, 5.41) is 0. The Hall–Kier alpha value is -1.05. The average Bonchev–Trinajstić information content (AvgIpc) is 1.77. The van der Waals surface area contributed by atoms with Crippen LogP contribution in [0.25, 0.3) is 0 Å². The Balaban J connectivity index is 3.35. The van der Waals surface area contributed by atoms with E-state index in [9.17, 15) is 4.79 Å². The van der Waals surface area contributed by atoms with Crippen molar-refractivity contribution >= 4 is 0 Å². The first-order valence-corrected chi connectivity index (χ1v) is 2.34. The van der Waals surface area contributed by atoms with Crippen LogP contribution in [0, 0.1) is 6.92 Å². The van der Waals surface area contributed by atoms with Crippen LogP contribution < -0.4 is 5.43 Å². The van der Waals surface area contributed by atoms with E-state index in [0.717, 1.165) is 0 Å². The van der Waals surface area contributed by atoms with Gasteiger partial charge >= 0.3 is 0 Å². The third-order valence-corrected chi connectivity index (χ3v) is 0.931. The van der Waals surface area contributed by atoms with E-state index in [1.165, 1.54) is 18.6 Å². The maximum Gasteiger partial charge on any atom is 0.187 e. The van der Waals surface area contributed by atoms with E-state index in [-0.39, 0.29) is 5.43 Å². The molecule has 0 aliphatic heterocycles. The van der Waals surface area contributed by atoms with Gasteiger partial charge in [0.2, 0.25) is 0 Å². The van der Waals surface area contributed by atoms with Gasteiger partial charge in [-0.15, -0.1) is 0 Å². The van der Waals surface area contributed by atoms with Crippen molar-refractivity contribution in [2.24, 2.45) is 0 Å². The van der Waals surface area contributed by atoms with Crippen molar-refractivity contribution in [3.8, 4) is 0 Å². The normalized spacial score (nSPS) is 9.12. The van der Waals surface area contributed by atoms with Gasteiger partial charge in [-0.2, -0.15) is 0 Å². The Morgan fingerprint density at radius 3 is 2.75 bits per heavy atom. The predicted octanol–water partition coefficient (Wildman–Crippen LogP) is 0.948. The number of hydrogen-bond donors (Lipinski definition) is 0. The molecule has 0 radical (unpaired) electrons. The van der Waals surface area contributed by atoms with Crippen molar-refractivity contribution in [3.05, 3.63) is 34.4 Å². The van der Waals surface area contributed by atoms with E-state index < -0.39 is 0 Å². The van der Waals surface area contributed by atoms with Gasteiger partial charge < -0.3 is 4.42 Å². The molecule has 0 spiro atoms. The molecule has 0 amide bonds. The summed E-state index contributed by atoms with van der Waals surface area (Å²) >= 11 is 0. The smallest absolute Gasteiger partial charge is 0.187 e. The van der Waals surface area contributed by atoms with E-state index >= 15 is 0 Å². The minimum atomic E-state index is 0.0243. The van der Waals surface area contributed by atoms with Gasteiger partial charge in [0, 0.05) is 11.6 Å². The molecule has 1 heterocycles. The molecule has 0 saturated carbocycles. The molecule has 1 aromatic heterocycles. The van der Waals surface area contributed by atoms with Crippen LogP contribution >= 0.6 is 0 Å². The number of hydrogen-bond acceptors (Lipinski definition) is 2. The molecule has 0 bridgehead atoms. The highest BCUT2D eigenvalue weighted by atomic mass is 16.3. The van der Waals surface area contributed by atoms with Crippen LogP contribution in [-0.2, 0) is 0 Å². The summed E-state index contributed by atoms with van der Waals surface area (Å²) < 4.78 is 4.69. The highest BCUT2D eigenvalue weighted by molar-refractivity contribution is 5.03. The number of aryl methyl sites for hydroxylation is 1. The third-order valence-electron chi connectivity index (χ3n) is 0.931. The van der Waals surface area contributed by atoms with Gasteiger partial charge in [0.25, 0.3) is 0 Å². The SMILES string of the molecule is Cc1coccc1=O. The minimum Gasteiger partial charge on any atom is -0.472 e.